The summed E-state index contributed by atoms with van der Waals surface area (Å²) in [6, 6.07) is 0. The predicted molar refractivity (Wildman–Crippen MR) is 84.7 cm³/mol. The van der Waals surface area contributed by atoms with E-state index in [1.807, 2.05) is 5.92 Å². The van der Waals surface area contributed by atoms with Crippen molar-refractivity contribution in [2.75, 3.05) is 0 Å². The summed E-state index contributed by atoms with van der Waals surface area (Å²) in [4.78, 5) is 0. The van der Waals surface area contributed by atoms with E-state index in [0.29, 0.717) is 0 Å². The van der Waals surface area contributed by atoms with Crippen molar-refractivity contribution in [3.8, 4) is 0 Å². The van der Waals surface area contributed by atoms with Crippen molar-refractivity contribution in [3.05, 3.63) is 5.92 Å². The number of hydrogen-bond acceptors (Lipinski definition) is 0. The summed E-state index contributed by atoms with van der Waals surface area (Å²) in [6.45, 7) is 14.2. The molecule has 0 aromatic rings. The minimum absolute atomic E-state index is 0.875. The second-order valence-electron chi connectivity index (χ2n) is 6.34. The largest absolute Gasteiger partial charge is 0.0654 e. The van der Waals surface area contributed by atoms with Gasteiger partial charge >= 0.3 is 0 Å². The molecule has 109 valence electrons. The average Bonchev–Trinajstić information content (AvgIpc) is 2.38. The van der Waals surface area contributed by atoms with E-state index in [9.17, 15) is 0 Å². The monoisotopic (exact) mass is 253 g/mol. The second-order valence-corrected chi connectivity index (χ2v) is 6.34. The Kier molecular flexibility index (Phi) is 10.9. The summed E-state index contributed by atoms with van der Waals surface area (Å²) in [5.41, 5.74) is 0. The molecule has 0 aromatic carbocycles. The zero-order valence-electron chi connectivity index (χ0n) is 13.9. The summed E-state index contributed by atoms with van der Waals surface area (Å²) in [6.07, 6.45) is 10.9. The molecule has 0 rings (SSSR count). The Bertz CT molecular complexity index is 161. The van der Waals surface area contributed by atoms with Gasteiger partial charge in [-0.05, 0) is 42.9 Å². The van der Waals surface area contributed by atoms with Gasteiger partial charge in [0.1, 0.15) is 0 Å². The van der Waals surface area contributed by atoms with Gasteiger partial charge in [0.2, 0.25) is 0 Å². The van der Waals surface area contributed by atoms with Gasteiger partial charge in [0.15, 0.2) is 0 Å². The van der Waals surface area contributed by atoms with Crippen molar-refractivity contribution in [1.29, 1.82) is 0 Å². The van der Waals surface area contributed by atoms with Crippen LogP contribution in [0.2, 0.25) is 0 Å². The molecule has 0 aliphatic heterocycles. The summed E-state index contributed by atoms with van der Waals surface area (Å²) < 4.78 is 0. The second kappa shape index (κ2) is 10.9. The van der Waals surface area contributed by atoms with Crippen molar-refractivity contribution < 1.29 is 0 Å². The van der Waals surface area contributed by atoms with Crippen LogP contribution in [-0.4, -0.2) is 0 Å². The molecule has 0 aliphatic rings. The number of rotatable bonds is 11. The van der Waals surface area contributed by atoms with E-state index in [1.54, 1.807) is 0 Å². The highest BCUT2D eigenvalue weighted by Gasteiger charge is 2.23. The van der Waals surface area contributed by atoms with Crippen molar-refractivity contribution in [1.82, 2.24) is 0 Å². The van der Waals surface area contributed by atoms with Crippen LogP contribution in [0.15, 0.2) is 0 Å². The Morgan fingerprint density at radius 2 is 1.28 bits per heavy atom. The zero-order chi connectivity index (χ0) is 14.0. The molecule has 18 heavy (non-hydrogen) atoms. The maximum absolute atomic E-state index is 2.42. The van der Waals surface area contributed by atoms with Crippen LogP contribution in [0.25, 0.3) is 0 Å². The first-order chi connectivity index (χ1) is 8.58. The Morgan fingerprint density at radius 3 is 1.61 bits per heavy atom. The Balaban J connectivity index is 4.47. The minimum atomic E-state index is 0.875. The molecule has 0 saturated carbocycles. The van der Waals surface area contributed by atoms with Gasteiger partial charge in [0, 0.05) is 0 Å². The average molecular weight is 253 g/mol. The molecule has 0 N–H and O–H groups in total. The van der Waals surface area contributed by atoms with E-state index < -0.39 is 0 Å². The smallest absolute Gasteiger partial charge is 0.0205 e. The minimum Gasteiger partial charge on any atom is -0.0654 e. The van der Waals surface area contributed by atoms with E-state index >= 15 is 0 Å². The summed E-state index contributed by atoms with van der Waals surface area (Å²) in [7, 11) is 0. The lowest BCUT2D eigenvalue weighted by Crippen LogP contribution is -2.18. The molecule has 0 aromatic heterocycles. The maximum Gasteiger partial charge on any atom is -0.0205 e. The fraction of sp³-hybridized carbons (Fsp3) is 0.944. The van der Waals surface area contributed by atoms with Crippen LogP contribution in [0.5, 0.6) is 0 Å². The van der Waals surface area contributed by atoms with Crippen molar-refractivity contribution >= 4 is 0 Å². The summed E-state index contributed by atoms with van der Waals surface area (Å²) in [5.74, 6) is 4.53. The summed E-state index contributed by atoms with van der Waals surface area (Å²) in [5, 5.41) is 0. The van der Waals surface area contributed by atoms with E-state index in [1.165, 1.54) is 51.4 Å². The van der Waals surface area contributed by atoms with Crippen LogP contribution in [0.1, 0.15) is 92.9 Å². The van der Waals surface area contributed by atoms with Gasteiger partial charge in [-0.25, -0.2) is 0 Å². The molecular formula is C18H37. The third-order valence-corrected chi connectivity index (χ3v) is 4.59. The van der Waals surface area contributed by atoms with Crippen LogP contribution in [0, 0.1) is 23.7 Å². The SMILES string of the molecule is CCCCC(CC)[C](CC(C)CC)CC(C)CC. The molecule has 0 bridgehead atoms. The maximum atomic E-state index is 2.42. The molecule has 1 radical (unpaired) electrons. The van der Waals surface area contributed by atoms with Gasteiger partial charge in [-0.1, -0.05) is 73.6 Å². The molecule has 0 heteroatoms. The van der Waals surface area contributed by atoms with Crippen LogP contribution < -0.4 is 0 Å². The van der Waals surface area contributed by atoms with Gasteiger partial charge in [0.25, 0.3) is 0 Å². The predicted octanol–water partition coefficient (Wildman–Crippen LogP) is 6.65. The Labute approximate surface area is 117 Å². The quantitative estimate of drug-likeness (QED) is 0.387. The van der Waals surface area contributed by atoms with Gasteiger partial charge in [0.05, 0.1) is 0 Å². The lowest BCUT2D eigenvalue weighted by Gasteiger charge is -2.30. The molecular weight excluding hydrogens is 216 g/mol. The van der Waals surface area contributed by atoms with E-state index in [0.717, 1.165) is 17.8 Å². The molecule has 0 heterocycles. The topological polar surface area (TPSA) is 0 Å². The lowest BCUT2D eigenvalue weighted by molar-refractivity contribution is 0.350. The summed E-state index contributed by atoms with van der Waals surface area (Å²) >= 11 is 0. The molecule has 0 saturated heterocycles. The highest BCUT2D eigenvalue weighted by molar-refractivity contribution is 4.98. The van der Waals surface area contributed by atoms with E-state index in [4.69, 9.17) is 0 Å². The van der Waals surface area contributed by atoms with E-state index in [-0.39, 0.29) is 0 Å². The first kappa shape index (κ1) is 18.0. The molecule has 0 spiro atoms. The lowest BCUT2D eigenvalue weighted by atomic mass is 9.75. The normalized spacial score (nSPS) is 16.8. The molecule has 3 unspecified atom stereocenters. The van der Waals surface area contributed by atoms with Crippen molar-refractivity contribution in [2.45, 2.75) is 92.9 Å². The molecule has 3 atom stereocenters. The van der Waals surface area contributed by atoms with Crippen LogP contribution >= 0.6 is 0 Å². The first-order valence-electron chi connectivity index (χ1n) is 8.43. The third kappa shape index (κ3) is 7.44. The van der Waals surface area contributed by atoms with Crippen molar-refractivity contribution in [3.63, 3.8) is 0 Å². The number of hydrogen-bond donors (Lipinski definition) is 0. The fourth-order valence-electron chi connectivity index (χ4n) is 2.75. The van der Waals surface area contributed by atoms with Crippen LogP contribution in [0.4, 0.5) is 0 Å². The Morgan fingerprint density at radius 1 is 0.778 bits per heavy atom. The molecule has 0 fully saturated rings. The zero-order valence-corrected chi connectivity index (χ0v) is 13.9. The van der Waals surface area contributed by atoms with Crippen LogP contribution in [0.3, 0.4) is 0 Å². The standard InChI is InChI=1S/C18H37/c1-7-11-12-17(10-4)18(13-15(5)8-2)14-16(6)9-3/h15-17H,7-14H2,1-6H3. The highest BCUT2D eigenvalue weighted by atomic mass is 14.3. The fourth-order valence-corrected chi connectivity index (χ4v) is 2.75. The van der Waals surface area contributed by atoms with Gasteiger partial charge in [-0.2, -0.15) is 0 Å². The first-order valence-corrected chi connectivity index (χ1v) is 8.43. The van der Waals surface area contributed by atoms with Crippen LogP contribution in [-0.2, 0) is 0 Å². The molecule has 0 amide bonds. The van der Waals surface area contributed by atoms with Gasteiger partial charge in [-0.15, -0.1) is 0 Å². The third-order valence-electron chi connectivity index (χ3n) is 4.59. The Hall–Kier alpha value is 0. The van der Waals surface area contributed by atoms with Gasteiger partial charge < -0.3 is 0 Å². The highest BCUT2D eigenvalue weighted by Crippen LogP contribution is 2.35. The number of unbranched alkanes of at least 4 members (excludes halogenated alkanes) is 1. The molecule has 0 aliphatic carbocycles. The van der Waals surface area contributed by atoms with E-state index in [2.05, 4.69) is 41.5 Å². The van der Waals surface area contributed by atoms with Gasteiger partial charge in [-0.3, -0.25) is 0 Å². The van der Waals surface area contributed by atoms with Crippen molar-refractivity contribution in [2.24, 2.45) is 17.8 Å². The molecule has 0 nitrogen and oxygen atoms in total.